The van der Waals surface area contributed by atoms with E-state index in [-0.39, 0.29) is 18.4 Å². The third-order valence-corrected chi connectivity index (χ3v) is 3.20. The molecular weight excluding hydrogens is 278 g/mol. The summed E-state index contributed by atoms with van der Waals surface area (Å²) < 4.78 is 0. The Hall–Kier alpha value is -2.82. The van der Waals surface area contributed by atoms with Gasteiger partial charge in [-0.25, -0.2) is 0 Å². The number of rotatable bonds is 5. The van der Waals surface area contributed by atoms with Gasteiger partial charge in [0.05, 0.1) is 6.54 Å². The number of carbonyl (C=O) groups excluding carboxylic acids is 2. The number of amides is 2. The maximum Gasteiger partial charge on any atom is 0.251 e. The van der Waals surface area contributed by atoms with Crippen LogP contribution in [0.3, 0.4) is 0 Å². The number of anilines is 2. The van der Waals surface area contributed by atoms with Gasteiger partial charge in [0.2, 0.25) is 5.91 Å². The molecule has 0 atom stereocenters. The Bertz CT molecular complexity index is 666. The van der Waals surface area contributed by atoms with E-state index in [2.05, 4.69) is 10.6 Å². The first-order valence-corrected chi connectivity index (χ1v) is 7.11. The standard InChI is InChI=1S/C17H19N3O2/c1-2-12-4-3-5-15(10-12)20-16(21)11-19-17(22)13-6-8-14(18)9-7-13/h3-10H,2,11,18H2,1H3,(H,19,22)(H,20,21). The maximum atomic E-state index is 11.9. The summed E-state index contributed by atoms with van der Waals surface area (Å²) in [5.41, 5.74) is 8.49. The van der Waals surface area contributed by atoms with Crippen molar-refractivity contribution in [2.75, 3.05) is 17.6 Å². The first-order valence-electron chi connectivity index (χ1n) is 7.11. The highest BCUT2D eigenvalue weighted by Gasteiger charge is 2.08. The predicted molar refractivity (Wildman–Crippen MR) is 87.6 cm³/mol. The zero-order valence-corrected chi connectivity index (χ0v) is 12.4. The first-order chi connectivity index (χ1) is 10.6. The van der Waals surface area contributed by atoms with Gasteiger partial charge in [0.1, 0.15) is 0 Å². The zero-order chi connectivity index (χ0) is 15.9. The minimum absolute atomic E-state index is 0.0838. The molecule has 0 aliphatic rings. The predicted octanol–water partition coefficient (Wildman–Crippen LogP) is 2.20. The van der Waals surface area contributed by atoms with Gasteiger partial charge >= 0.3 is 0 Å². The SMILES string of the molecule is CCc1cccc(NC(=O)CNC(=O)c2ccc(N)cc2)c1. The lowest BCUT2D eigenvalue weighted by molar-refractivity contribution is -0.115. The van der Waals surface area contributed by atoms with Crippen LogP contribution in [0.2, 0.25) is 0 Å². The molecule has 2 aromatic rings. The molecule has 2 rings (SSSR count). The molecule has 2 aromatic carbocycles. The summed E-state index contributed by atoms with van der Waals surface area (Å²) in [6, 6.07) is 14.1. The van der Waals surface area contributed by atoms with Crippen LogP contribution in [0.4, 0.5) is 11.4 Å². The third-order valence-electron chi connectivity index (χ3n) is 3.20. The van der Waals surface area contributed by atoms with Crippen LogP contribution < -0.4 is 16.4 Å². The molecule has 0 aliphatic carbocycles. The molecule has 5 heteroatoms. The molecule has 4 N–H and O–H groups in total. The molecule has 0 saturated carbocycles. The van der Waals surface area contributed by atoms with Crippen molar-refractivity contribution < 1.29 is 9.59 Å². The Morgan fingerprint density at radius 1 is 1.09 bits per heavy atom. The van der Waals surface area contributed by atoms with Gasteiger partial charge in [-0.2, -0.15) is 0 Å². The molecule has 0 bridgehead atoms. The second-order valence-corrected chi connectivity index (χ2v) is 4.91. The van der Waals surface area contributed by atoms with E-state index in [9.17, 15) is 9.59 Å². The molecule has 0 heterocycles. The molecule has 0 spiro atoms. The van der Waals surface area contributed by atoms with E-state index in [1.165, 1.54) is 0 Å². The molecule has 0 aliphatic heterocycles. The van der Waals surface area contributed by atoms with Crippen LogP contribution in [-0.2, 0) is 11.2 Å². The van der Waals surface area contributed by atoms with Gasteiger partial charge in [-0.3, -0.25) is 9.59 Å². The third kappa shape index (κ3) is 4.34. The fourth-order valence-corrected chi connectivity index (χ4v) is 1.97. The van der Waals surface area contributed by atoms with Gasteiger partial charge in [-0.05, 0) is 48.4 Å². The van der Waals surface area contributed by atoms with Crippen molar-refractivity contribution in [3.05, 3.63) is 59.7 Å². The second-order valence-electron chi connectivity index (χ2n) is 4.91. The van der Waals surface area contributed by atoms with Crippen molar-refractivity contribution >= 4 is 23.2 Å². The van der Waals surface area contributed by atoms with E-state index in [0.717, 1.165) is 17.7 Å². The average Bonchev–Trinajstić information content (AvgIpc) is 2.53. The lowest BCUT2D eigenvalue weighted by Gasteiger charge is -2.08. The summed E-state index contributed by atoms with van der Waals surface area (Å²) >= 11 is 0. The Morgan fingerprint density at radius 3 is 2.50 bits per heavy atom. The number of hydrogen-bond donors (Lipinski definition) is 3. The summed E-state index contributed by atoms with van der Waals surface area (Å²) in [5, 5.41) is 5.33. The molecule has 0 fully saturated rings. The number of nitrogens with two attached hydrogens (primary N) is 1. The van der Waals surface area contributed by atoms with E-state index in [0.29, 0.717) is 11.3 Å². The smallest absolute Gasteiger partial charge is 0.251 e. The van der Waals surface area contributed by atoms with Crippen molar-refractivity contribution in [3.8, 4) is 0 Å². The van der Waals surface area contributed by atoms with Gasteiger partial charge < -0.3 is 16.4 Å². The van der Waals surface area contributed by atoms with Crippen LogP contribution >= 0.6 is 0 Å². The van der Waals surface area contributed by atoms with E-state index >= 15 is 0 Å². The van der Waals surface area contributed by atoms with Crippen molar-refractivity contribution in [2.45, 2.75) is 13.3 Å². The topological polar surface area (TPSA) is 84.2 Å². The van der Waals surface area contributed by atoms with Crippen molar-refractivity contribution in [1.29, 1.82) is 0 Å². The van der Waals surface area contributed by atoms with Gasteiger partial charge in [-0.15, -0.1) is 0 Å². The van der Waals surface area contributed by atoms with Crippen LogP contribution in [0.5, 0.6) is 0 Å². The quantitative estimate of drug-likeness (QED) is 0.740. The minimum Gasteiger partial charge on any atom is -0.399 e. The average molecular weight is 297 g/mol. The molecule has 22 heavy (non-hydrogen) atoms. The normalized spacial score (nSPS) is 10.0. The molecule has 0 radical (unpaired) electrons. The lowest BCUT2D eigenvalue weighted by atomic mass is 10.1. The molecule has 2 amide bonds. The number of benzene rings is 2. The Morgan fingerprint density at radius 2 is 1.82 bits per heavy atom. The maximum absolute atomic E-state index is 11.9. The second kappa shape index (κ2) is 7.26. The molecule has 0 saturated heterocycles. The fraction of sp³-hybridized carbons (Fsp3) is 0.176. The highest BCUT2D eigenvalue weighted by Crippen LogP contribution is 2.10. The number of carbonyl (C=O) groups is 2. The van der Waals surface area contributed by atoms with Crippen LogP contribution in [0.1, 0.15) is 22.8 Å². The van der Waals surface area contributed by atoms with Crippen molar-refractivity contribution in [1.82, 2.24) is 5.32 Å². The monoisotopic (exact) mass is 297 g/mol. The van der Waals surface area contributed by atoms with Crippen LogP contribution in [0.25, 0.3) is 0 Å². The van der Waals surface area contributed by atoms with Gasteiger partial charge in [0, 0.05) is 16.9 Å². The summed E-state index contributed by atoms with van der Waals surface area (Å²) in [6.45, 7) is 1.97. The van der Waals surface area contributed by atoms with E-state index < -0.39 is 0 Å². The van der Waals surface area contributed by atoms with Crippen LogP contribution in [0.15, 0.2) is 48.5 Å². The molecule has 114 valence electrons. The first kappa shape index (κ1) is 15.6. The van der Waals surface area contributed by atoms with Crippen LogP contribution in [-0.4, -0.2) is 18.4 Å². The van der Waals surface area contributed by atoms with Crippen LogP contribution in [0, 0.1) is 0 Å². The van der Waals surface area contributed by atoms with E-state index in [4.69, 9.17) is 5.73 Å². The lowest BCUT2D eigenvalue weighted by Crippen LogP contribution is -2.32. The van der Waals surface area contributed by atoms with Gasteiger partial charge in [-0.1, -0.05) is 19.1 Å². The number of nitrogens with one attached hydrogen (secondary N) is 2. The molecule has 5 nitrogen and oxygen atoms in total. The van der Waals surface area contributed by atoms with Gasteiger partial charge in [0.25, 0.3) is 5.91 Å². The molecular formula is C17H19N3O2. The zero-order valence-electron chi connectivity index (χ0n) is 12.4. The minimum atomic E-state index is -0.308. The summed E-state index contributed by atoms with van der Waals surface area (Å²) in [4.78, 5) is 23.7. The Kier molecular flexibility index (Phi) is 5.14. The number of hydrogen-bond acceptors (Lipinski definition) is 3. The molecule has 0 unspecified atom stereocenters. The Balaban J connectivity index is 1.87. The van der Waals surface area contributed by atoms with Crippen molar-refractivity contribution in [2.24, 2.45) is 0 Å². The number of nitrogen functional groups attached to an aromatic ring is 1. The largest absolute Gasteiger partial charge is 0.399 e. The Labute approximate surface area is 129 Å². The molecule has 0 aromatic heterocycles. The number of aryl methyl sites for hydroxylation is 1. The summed E-state index contributed by atoms with van der Waals surface area (Å²) in [7, 11) is 0. The fourth-order valence-electron chi connectivity index (χ4n) is 1.97. The van der Waals surface area contributed by atoms with E-state index in [1.54, 1.807) is 24.3 Å². The van der Waals surface area contributed by atoms with Gasteiger partial charge in [0.15, 0.2) is 0 Å². The van der Waals surface area contributed by atoms with E-state index in [1.807, 2.05) is 31.2 Å². The summed E-state index contributed by atoms with van der Waals surface area (Å²) in [5.74, 6) is -0.575. The highest BCUT2D eigenvalue weighted by atomic mass is 16.2. The van der Waals surface area contributed by atoms with Crippen molar-refractivity contribution in [3.63, 3.8) is 0 Å². The summed E-state index contributed by atoms with van der Waals surface area (Å²) in [6.07, 6.45) is 0.900. The highest BCUT2D eigenvalue weighted by molar-refractivity contribution is 5.99.